The largest absolute Gasteiger partial charge is 0.355 e. The smallest absolute Gasteiger partial charge is 0.226 e. The summed E-state index contributed by atoms with van der Waals surface area (Å²) in [5.74, 6) is 0.363. The van der Waals surface area contributed by atoms with Crippen LogP contribution in [0.25, 0.3) is 0 Å². The van der Waals surface area contributed by atoms with E-state index in [1.807, 2.05) is 0 Å². The van der Waals surface area contributed by atoms with Gasteiger partial charge in [-0.2, -0.15) is 0 Å². The number of carbonyl (C=O) groups is 1. The highest BCUT2D eigenvalue weighted by molar-refractivity contribution is 7.09. The molecule has 0 unspecified atom stereocenters. The van der Waals surface area contributed by atoms with Gasteiger partial charge in [0.25, 0.3) is 0 Å². The number of amides is 1. The fourth-order valence-corrected chi connectivity index (χ4v) is 2.60. The molecule has 0 saturated carbocycles. The Morgan fingerprint density at radius 1 is 1.45 bits per heavy atom. The molecule has 1 N–H and O–H groups in total. The predicted octanol–water partition coefficient (Wildman–Crippen LogP) is 1.86. The van der Waals surface area contributed by atoms with Gasteiger partial charge in [0.2, 0.25) is 5.91 Å². The summed E-state index contributed by atoms with van der Waals surface area (Å²) in [6.07, 6.45) is 0.948. The molecule has 108 valence electrons. The maximum absolute atomic E-state index is 11.7. The molecule has 2 rings (SSSR count). The van der Waals surface area contributed by atoms with Crippen molar-refractivity contribution in [2.75, 3.05) is 6.54 Å². The summed E-state index contributed by atoms with van der Waals surface area (Å²) in [6.45, 7) is 6.58. The minimum absolute atomic E-state index is 0.0792. The van der Waals surface area contributed by atoms with Crippen molar-refractivity contribution in [3.05, 3.63) is 27.5 Å². The first-order valence-corrected chi connectivity index (χ1v) is 7.43. The van der Waals surface area contributed by atoms with Gasteiger partial charge >= 0.3 is 0 Å². The maximum atomic E-state index is 11.7. The van der Waals surface area contributed by atoms with E-state index in [-0.39, 0.29) is 12.3 Å². The van der Waals surface area contributed by atoms with E-state index >= 15 is 0 Å². The molecule has 0 radical (unpaired) electrons. The van der Waals surface area contributed by atoms with E-state index in [9.17, 15) is 4.79 Å². The fourth-order valence-electron chi connectivity index (χ4n) is 1.64. The molecule has 1 amide bonds. The lowest BCUT2D eigenvalue weighted by molar-refractivity contribution is -0.120. The van der Waals surface area contributed by atoms with Gasteiger partial charge in [-0.15, -0.1) is 11.3 Å². The second kappa shape index (κ2) is 6.60. The average Bonchev–Trinajstić information content (AvgIpc) is 3.00. The monoisotopic (exact) mass is 294 g/mol. The van der Waals surface area contributed by atoms with Gasteiger partial charge in [0.1, 0.15) is 11.4 Å². The zero-order valence-corrected chi connectivity index (χ0v) is 12.7. The van der Waals surface area contributed by atoms with Gasteiger partial charge in [-0.25, -0.2) is 9.61 Å². The minimum atomic E-state index is -0.0792. The van der Waals surface area contributed by atoms with Crippen molar-refractivity contribution in [1.29, 1.82) is 0 Å². The molecule has 6 nitrogen and oxygen atoms in total. The van der Waals surface area contributed by atoms with Gasteiger partial charge in [0.05, 0.1) is 17.1 Å². The molecule has 0 spiro atoms. The topological polar surface area (TPSA) is 80.9 Å². The van der Waals surface area contributed by atoms with Crippen molar-refractivity contribution in [2.45, 2.75) is 39.5 Å². The van der Waals surface area contributed by atoms with Crippen molar-refractivity contribution in [3.8, 4) is 0 Å². The lowest BCUT2D eigenvalue weighted by Gasteiger charge is -2.02. The Kier molecular flexibility index (Phi) is 4.84. The normalized spacial score (nSPS) is 11.0. The standard InChI is InChI=1S/C13H18N4O2S/c1-8(2)11-7-20-13(15-11)4-5-14-12(18)6-10-9(3)16-19-17-10/h7-8H,4-6H2,1-3H3,(H,14,18). The van der Waals surface area contributed by atoms with Crippen LogP contribution in [-0.2, 0) is 17.6 Å². The summed E-state index contributed by atoms with van der Waals surface area (Å²) in [4.78, 5) is 16.3. The van der Waals surface area contributed by atoms with Crippen molar-refractivity contribution in [3.63, 3.8) is 0 Å². The van der Waals surface area contributed by atoms with Crippen LogP contribution in [0, 0.1) is 6.92 Å². The third kappa shape index (κ3) is 3.86. The van der Waals surface area contributed by atoms with Crippen molar-refractivity contribution < 1.29 is 9.42 Å². The van der Waals surface area contributed by atoms with Crippen LogP contribution in [0.1, 0.15) is 41.9 Å². The summed E-state index contributed by atoms with van der Waals surface area (Å²) in [5.41, 5.74) is 2.35. The number of carbonyl (C=O) groups excluding carboxylic acids is 1. The Hall–Kier alpha value is -1.76. The van der Waals surface area contributed by atoms with Gasteiger partial charge in [-0.1, -0.05) is 24.2 Å². The van der Waals surface area contributed by atoms with Crippen LogP contribution in [0.15, 0.2) is 10.0 Å². The molecular weight excluding hydrogens is 276 g/mol. The quantitative estimate of drug-likeness (QED) is 0.879. The second-order valence-electron chi connectivity index (χ2n) is 4.89. The second-order valence-corrected chi connectivity index (χ2v) is 5.84. The molecule has 2 aromatic rings. The summed E-state index contributed by atoms with van der Waals surface area (Å²) in [6, 6.07) is 0. The molecular formula is C13H18N4O2S. The molecule has 0 aliphatic heterocycles. The van der Waals surface area contributed by atoms with Crippen LogP contribution in [0.5, 0.6) is 0 Å². The number of aromatic nitrogens is 3. The summed E-state index contributed by atoms with van der Waals surface area (Å²) >= 11 is 1.64. The molecule has 2 aromatic heterocycles. The summed E-state index contributed by atoms with van der Waals surface area (Å²) in [7, 11) is 0. The van der Waals surface area contributed by atoms with E-state index in [4.69, 9.17) is 0 Å². The van der Waals surface area contributed by atoms with E-state index < -0.39 is 0 Å². The van der Waals surface area contributed by atoms with Crippen molar-refractivity contribution >= 4 is 17.2 Å². The number of nitrogens with zero attached hydrogens (tertiary/aromatic N) is 3. The fraction of sp³-hybridized carbons (Fsp3) is 0.538. The number of rotatable bonds is 6. The Labute approximate surface area is 121 Å². The van der Waals surface area contributed by atoms with Crippen LogP contribution in [0.2, 0.25) is 0 Å². The molecule has 0 bridgehead atoms. The zero-order chi connectivity index (χ0) is 14.5. The molecule has 0 aromatic carbocycles. The Morgan fingerprint density at radius 3 is 2.85 bits per heavy atom. The zero-order valence-electron chi connectivity index (χ0n) is 11.8. The first-order chi connectivity index (χ1) is 9.56. The third-order valence-electron chi connectivity index (χ3n) is 2.90. The highest BCUT2D eigenvalue weighted by Gasteiger charge is 2.11. The van der Waals surface area contributed by atoms with Gasteiger partial charge < -0.3 is 5.32 Å². The minimum Gasteiger partial charge on any atom is -0.355 e. The van der Waals surface area contributed by atoms with Crippen LogP contribution < -0.4 is 5.32 Å². The van der Waals surface area contributed by atoms with Crippen LogP contribution in [-0.4, -0.2) is 27.7 Å². The Morgan fingerprint density at radius 2 is 2.25 bits per heavy atom. The number of aryl methyl sites for hydroxylation is 1. The molecule has 2 heterocycles. The van der Waals surface area contributed by atoms with E-state index in [1.54, 1.807) is 18.3 Å². The van der Waals surface area contributed by atoms with E-state index in [2.05, 4.69) is 44.5 Å². The lowest BCUT2D eigenvalue weighted by atomic mass is 10.2. The van der Waals surface area contributed by atoms with E-state index in [0.717, 1.165) is 17.1 Å². The molecule has 20 heavy (non-hydrogen) atoms. The molecule has 0 aliphatic rings. The lowest BCUT2D eigenvalue weighted by Crippen LogP contribution is -2.27. The average molecular weight is 294 g/mol. The molecule has 0 aliphatic carbocycles. The van der Waals surface area contributed by atoms with Crippen LogP contribution in [0.3, 0.4) is 0 Å². The van der Waals surface area contributed by atoms with Gasteiger partial charge in [0, 0.05) is 18.3 Å². The number of hydrogen-bond donors (Lipinski definition) is 1. The van der Waals surface area contributed by atoms with Crippen molar-refractivity contribution in [2.24, 2.45) is 0 Å². The molecule has 7 heteroatoms. The molecule has 0 fully saturated rings. The third-order valence-corrected chi connectivity index (χ3v) is 3.82. The SMILES string of the molecule is Cc1nonc1CC(=O)NCCc1nc(C(C)C)cs1. The van der Waals surface area contributed by atoms with Crippen LogP contribution >= 0.6 is 11.3 Å². The van der Waals surface area contributed by atoms with Gasteiger partial charge in [0.15, 0.2) is 0 Å². The first kappa shape index (κ1) is 14.6. The predicted molar refractivity (Wildman–Crippen MR) is 75.7 cm³/mol. The highest BCUT2D eigenvalue weighted by Crippen LogP contribution is 2.17. The van der Waals surface area contributed by atoms with Gasteiger partial charge in [-0.3, -0.25) is 4.79 Å². The van der Waals surface area contributed by atoms with Crippen LogP contribution in [0.4, 0.5) is 0 Å². The maximum Gasteiger partial charge on any atom is 0.226 e. The number of hydrogen-bond acceptors (Lipinski definition) is 6. The molecule has 0 saturated heterocycles. The van der Waals surface area contributed by atoms with Gasteiger partial charge in [-0.05, 0) is 12.8 Å². The summed E-state index contributed by atoms with van der Waals surface area (Å²) < 4.78 is 4.56. The molecule has 0 atom stereocenters. The van der Waals surface area contributed by atoms with Crippen molar-refractivity contribution in [1.82, 2.24) is 20.6 Å². The summed E-state index contributed by atoms with van der Waals surface area (Å²) in [5, 5.41) is 13.3. The number of nitrogens with one attached hydrogen (secondary N) is 1. The van der Waals surface area contributed by atoms with E-state index in [0.29, 0.717) is 23.9 Å². The number of thiazole rings is 1. The van der Waals surface area contributed by atoms with E-state index in [1.165, 1.54) is 0 Å². The Bertz CT molecular complexity index is 576. The first-order valence-electron chi connectivity index (χ1n) is 6.55. The highest BCUT2D eigenvalue weighted by atomic mass is 32.1. The Balaban J connectivity index is 1.75.